The van der Waals surface area contributed by atoms with E-state index in [1.54, 1.807) is 7.11 Å². The summed E-state index contributed by atoms with van der Waals surface area (Å²) in [7, 11) is 1.60. The molecule has 1 aromatic rings. The Hall–Kier alpha value is -1.90. The molecule has 0 saturated carbocycles. The monoisotopic (exact) mass is 366 g/mol. The molecular weight excluding hydrogens is 340 g/mol. The number of methoxy groups -OCH3 is 1. The van der Waals surface area contributed by atoms with Crippen molar-refractivity contribution >= 4 is 28.9 Å². The van der Waals surface area contributed by atoms with Gasteiger partial charge < -0.3 is 14.8 Å². The van der Waals surface area contributed by atoms with Gasteiger partial charge >= 0.3 is 0 Å². The Morgan fingerprint density at radius 1 is 1.32 bits per heavy atom. The lowest BCUT2D eigenvalue weighted by Crippen LogP contribution is -2.48. The van der Waals surface area contributed by atoms with Crippen LogP contribution in [0.5, 0.6) is 5.75 Å². The molecule has 2 rings (SSSR count). The number of carbonyl (C=O) groups is 1. The van der Waals surface area contributed by atoms with Crippen molar-refractivity contribution in [3.63, 3.8) is 0 Å². The van der Waals surface area contributed by atoms with Gasteiger partial charge in [0, 0.05) is 37.8 Å². The quantitative estimate of drug-likeness (QED) is 0.539. The van der Waals surface area contributed by atoms with Crippen molar-refractivity contribution in [2.45, 2.75) is 32.5 Å². The molecule has 1 fully saturated rings. The SMILES string of the molecule is COc1cccc(NC(=S)NNC(=O)CCN2C[C@@H](C)O[C@H](C)C2)c1. The molecule has 138 valence electrons. The molecule has 3 N–H and O–H groups in total. The second-order valence-electron chi connectivity index (χ2n) is 6.13. The molecular formula is C17H26N4O3S. The van der Waals surface area contributed by atoms with Crippen LogP contribution in [0, 0.1) is 0 Å². The zero-order valence-electron chi connectivity index (χ0n) is 14.9. The van der Waals surface area contributed by atoms with Gasteiger partial charge in [-0.3, -0.25) is 20.5 Å². The highest BCUT2D eigenvalue weighted by atomic mass is 32.1. The van der Waals surface area contributed by atoms with E-state index in [9.17, 15) is 4.79 Å². The van der Waals surface area contributed by atoms with Crippen LogP contribution in [0.2, 0.25) is 0 Å². The van der Waals surface area contributed by atoms with E-state index in [1.165, 1.54) is 0 Å². The maximum Gasteiger partial charge on any atom is 0.239 e. The maximum atomic E-state index is 12.0. The van der Waals surface area contributed by atoms with Crippen molar-refractivity contribution in [1.29, 1.82) is 0 Å². The number of nitrogens with zero attached hydrogens (tertiary/aromatic N) is 1. The van der Waals surface area contributed by atoms with Gasteiger partial charge in [-0.2, -0.15) is 0 Å². The zero-order chi connectivity index (χ0) is 18.2. The molecule has 1 amide bonds. The molecule has 1 aromatic carbocycles. The smallest absolute Gasteiger partial charge is 0.239 e. The van der Waals surface area contributed by atoms with Gasteiger partial charge in [0.25, 0.3) is 0 Å². The van der Waals surface area contributed by atoms with Crippen LogP contribution in [0.4, 0.5) is 5.69 Å². The molecule has 0 bridgehead atoms. The van der Waals surface area contributed by atoms with Crippen molar-refractivity contribution in [3.05, 3.63) is 24.3 Å². The standard InChI is InChI=1S/C17H26N4O3S/c1-12-10-21(11-13(2)24-12)8-7-16(22)19-20-17(25)18-14-5-4-6-15(9-14)23-3/h4-6,9,12-13H,7-8,10-11H2,1-3H3,(H,19,22)(H2,18,20,25)/t12-,13-/m1/s1. The number of anilines is 1. The van der Waals surface area contributed by atoms with Crippen molar-refractivity contribution in [2.75, 3.05) is 32.1 Å². The minimum atomic E-state index is -0.110. The summed E-state index contributed by atoms with van der Waals surface area (Å²) in [6.07, 6.45) is 0.794. The minimum Gasteiger partial charge on any atom is -0.497 e. The maximum absolute atomic E-state index is 12.0. The second kappa shape index (κ2) is 9.55. The Bertz CT molecular complexity index is 589. The van der Waals surface area contributed by atoms with Gasteiger partial charge in [0.2, 0.25) is 5.91 Å². The molecule has 0 radical (unpaired) electrons. The Morgan fingerprint density at radius 3 is 2.72 bits per heavy atom. The number of benzene rings is 1. The van der Waals surface area contributed by atoms with Crippen molar-refractivity contribution in [1.82, 2.24) is 15.8 Å². The number of rotatable bonds is 5. The molecule has 1 aliphatic heterocycles. The van der Waals surface area contributed by atoms with Crippen LogP contribution in [-0.2, 0) is 9.53 Å². The zero-order valence-corrected chi connectivity index (χ0v) is 15.7. The normalized spacial score (nSPS) is 20.6. The van der Waals surface area contributed by atoms with E-state index in [4.69, 9.17) is 21.7 Å². The summed E-state index contributed by atoms with van der Waals surface area (Å²) in [5.74, 6) is 0.618. The summed E-state index contributed by atoms with van der Waals surface area (Å²) in [6, 6.07) is 7.37. The van der Waals surface area contributed by atoms with E-state index in [1.807, 2.05) is 38.1 Å². The van der Waals surface area contributed by atoms with Gasteiger partial charge in [0.15, 0.2) is 5.11 Å². The van der Waals surface area contributed by atoms with E-state index in [2.05, 4.69) is 21.1 Å². The highest BCUT2D eigenvalue weighted by molar-refractivity contribution is 7.80. The lowest BCUT2D eigenvalue weighted by atomic mass is 10.2. The van der Waals surface area contributed by atoms with Gasteiger partial charge in [-0.25, -0.2) is 0 Å². The fourth-order valence-corrected chi connectivity index (χ4v) is 2.95. The largest absolute Gasteiger partial charge is 0.497 e. The average Bonchev–Trinajstić information content (AvgIpc) is 2.57. The highest BCUT2D eigenvalue weighted by Crippen LogP contribution is 2.16. The molecule has 0 unspecified atom stereocenters. The second-order valence-corrected chi connectivity index (χ2v) is 6.53. The van der Waals surface area contributed by atoms with Crippen LogP contribution in [0.25, 0.3) is 0 Å². The third-order valence-electron chi connectivity index (χ3n) is 3.79. The summed E-state index contributed by atoms with van der Waals surface area (Å²) in [4.78, 5) is 14.2. The number of morpholine rings is 1. The summed E-state index contributed by atoms with van der Waals surface area (Å²) < 4.78 is 10.8. The fraction of sp³-hybridized carbons (Fsp3) is 0.529. The number of amides is 1. The van der Waals surface area contributed by atoms with Crippen molar-refractivity contribution in [3.8, 4) is 5.75 Å². The highest BCUT2D eigenvalue weighted by Gasteiger charge is 2.22. The summed E-state index contributed by atoms with van der Waals surface area (Å²) in [5, 5.41) is 3.30. The first-order valence-corrected chi connectivity index (χ1v) is 8.75. The van der Waals surface area contributed by atoms with E-state index < -0.39 is 0 Å². The van der Waals surface area contributed by atoms with Crippen LogP contribution >= 0.6 is 12.2 Å². The molecule has 0 aromatic heterocycles. The van der Waals surface area contributed by atoms with Crippen LogP contribution in [0.15, 0.2) is 24.3 Å². The summed E-state index contributed by atoms with van der Waals surface area (Å²) >= 11 is 5.17. The lowest BCUT2D eigenvalue weighted by molar-refractivity contribution is -0.123. The first-order valence-electron chi connectivity index (χ1n) is 8.34. The van der Waals surface area contributed by atoms with Crippen LogP contribution in [0.3, 0.4) is 0 Å². The van der Waals surface area contributed by atoms with Gasteiger partial charge in [0.05, 0.1) is 19.3 Å². The number of hydrazine groups is 1. The molecule has 8 heteroatoms. The Kier molecular flexibility index (Phi) is 7.42. The number of hydrogen-bond donors (Lipinski definition) is 3. The third kappa shape index (κ3) is 6.85. The topological polar surface area (TPSA) is 74.9 Å². The van der Waals surface area contributed by atoms with Crippen molar-refractivity contribution in [2.24, 2.45) is 0 Å². The molecule has 2 atom stereocenters. The Labute approximate surface area is 154 Å². The van der Waals surface area contributed by atoms with E-state index in [-0.39, 0.29) is 18.1 Å². The molecule has 1 aliphatic rings. The lowest BCUT2D eigenvalue weighted by Gasteiger charge is -2.35. The predicted octanol–water partition coefficient (Wildman–Crippen LogP) is 1.51. The first kappa shape index (κ1) is 19.4. The molecule has 1 saturated heterocycles. The molecule has 0 spiro atoms. The molecule has 0 aliphatic carbocycles. The summed E-state index contributed by atoms with van der Waals surface area (Å²) in [5.41, 5.74) is 6.10. The molecule has 7 nitrogen and oxygen atoms in total. The van der Waals surface area contributed by atoms with E-state index >= 15 is 0 Å². The predicted molar refractivity (Wildman–Crippen MR) is 102 cm³/mol. The number of hydrogen-bond acceptors (Lipinski definition) is 5. The molecule has 1 heterocycles. The Balaban J connectivity index is 1.67. The van der Waals surface area contributed by atoms with Crippen LogP contribution in [0.1, 0.15) is 20.3 Å². The third-order valence-corrected chi connectivity index (χ3v) is 4.00. The van der Waals surface area contributed by atoms with Crippen molar-refractivity contribution < 1.29 is 14.3 Å². The minimum absolute atomic E-state index is 0.110. The first-order chi connectivity index (χ1) is 12.0. The van der Waals surface area contributed by atoms with Gasteiger partial charge in [-0.05, 0) is 38.2 Å². The number of thiocarbonyl (C=S) groups is 1. The van der Waals surface area contributed by atoms with E-state index in [0.717, 1.165) is 24.5 Å². The number of nitrogens with one attached hydrogen (secondary N) is 3. The van der Waals surface area contributed by atoms with Gasteiger partial charge in [-0.15, -0.1) is 0 Å². The fourth-order valence-electron chi connectivity index (χ4n) is 2.78. The van der Waals surface area contributed by atoms with Crippen LogP contribution < -0.4 is 20.9 Å². The van der Waals surface area contributed by atoms with Gasteiger partial charge in [0.1, 0.15) is 5.75 Å². The van der Waals surface area contributed by atoms with Crippen LogP contribution in [-0.4, -0.2) is 54.9 Å². The number of carbonyl (C=O) groups excluding carboxylic acids is 1. The number of ether oxygens (including phenoxy) is 2. The summed E-state index contributed by atoms with van der Waals surface area (Å²) in [6.45, 7) is 6.49. The average molecular weight is 366 g/mol. The Morgan fingerprint density at radius 2 is 2.04 bits per heavy atom. The van der Waals surface area contributed by atoms with Gasteiger partial charge in [-0.1, -0.05) is 6.07 Å². The van der Waals surface area contributed by atoms with E-state index in [0.29, 0.717) is 18.1 Å². The molecule has 25 heavy (non-hydrogen) atoms.